The van der Waals surface area contributed by atoms with E-state index in [2.05, 4.69) is 18.7 Å². The Morgan fingerprint density at radius 2 is 2.15 bits per heavy atom. The number of aliphatic hydroxyl groups excluding tert-OH is 1. The molecule has 0 aromatic rings. The van der Waals surface area contributed by atoms with Gasteiger partial charge in [-0.3, -0.25) is 4.90 Å². The van der Waals surface area contributed by atoms with Crippen molar-refractivity contribution in [2.45, 2.75) is 38.8 Å². The first-order valence-corrected chi connectivity index (χ1v) is 5.28. The summed E-state index contributed by atoms with van der Waals surface area (Å²) in [6.45, 7) is 7.26. The summed E-state index contributed by atoms with van der Waals surface area (Å²) in [6, 6.07) is 0.665. The van der Waals surface area contributed by atoms with E-state index in [0.29, 0.717) is 6.04 Å². The van der Waals surface area contributed by atoms with Gasteiger partial charge in [-0.2, -0.15) is 0 Å². The summed E-state index contributed by atoms with van der Waals surface area (Å²) in [6.07, 6.45) is 2.41. The molecule has 78 valence electrons. The summed E-state index contributed by atoms with van der Waals surface area (Å²) in [5.41, 5.74) is 0. The van der Waals surface area contributed by atoms with Crippen LogP contribution in [-0.4, -0.2) is 48.5 Å². The molecular formula is C10H21NO2. The number of hydrogen-bond donors (Lipinski definition) is 1. The summed E-state index contributed by atoms with van der Waals surface area (Å²) in [5, 5.41) is 8.98. The molecule has 1 unspecified atom stereocenters. The molecule has 13 heavy (non-hydrogen) atoms. The summed E-state index contributed by atoms with van der Waals surface area (Å²) < 4.78 is 5.40. The number of morpholine rings is 1. The second kappa shape index (κ2) is 5.58. The third kappa shape index (κ3) is 2.93. The van der Waals surface area contributed by atoms with E-state index in [4.69, 9.17) is 9.84 Å². The Balaban J connectivity index is 2.40. The monoisotopic (exact) mass is 187 g/mol. The SMILES string of the molecule is CCC(CC)N1CCOC(CO)C1. The van der Waals surface area contributed by atoms with E-state index in [-0.39, 0.29) is 12.7 Å². The lowest BCUT2D eigenvalue weighted by Gasteiger charge is -2.37. The largest absolute Gasteiger partial charge is 0.394 e. The highest BCUT2D eigenvalue weighted by Gasteiger charge is 2.23. The number of nitrogens with zero attached hydrogens (tertiary/aromatic N) is 1. The van der Waals surface area contributed by atoms with Crippen LogP contribution in [0.1, 0.15) is 26.7 Å². The van der Waals surface area contributed by atoms with E-state index >= 15 is 0 Å². The third-order valence-electron chi connectivity index (χ3n) is 2.83. The molecule has 1 fully saturated rings. The lowest BCUT2D eigenvalue weighted by Crippen LogP contribution is -2.48. The van der Waals surface area contributed by atoms with Gasteiger partial charge in [-0.25, -0.2) is 0 Å². The van der Waals surface area contributed by atoms with Crippen LogP contribution in [0.25, 0.3) is 0 Å². The molecule has 1 rings (SSSR count). The first kappa shape index (κ1) is 11.0. The second-order valence-corrected chi connectivity index (χ2v) is 3.64. The van der Waals surface area contributed by atoms with Crippen molar-refractivity contribution in [3.8, 4) is 0 Å². The topological polar surface area (TPSA) is 32.7 Å². The predicted molar refractivity (Wildman–Crippen MR) is 52.8 cm³/mol. The van der Waals surface area contributed by atoms with E-state index in [1.54, 1.807) is 0 Å². The van der Waals surface area contributed by atoms with Crippen LogP contribution in [0.3, 0.4) is 0 Å². The standard InChI is InChI=1S/C10H21NO2/c1-3-9(4-2)11-5-6-13-10(7-11)8-12/h9-10,12H,3-8H2,1-2H3. The van der Waals surface area contributed by atoms with Crippen LogP contribution in [0, 0.1) is 0 Å². The molecule has 0 aromatic carbocycles. The average molecular weight is 187 g/mol. The van der Waals surface area contributed by atoms with Gasteiger partial charge in [0.1, 0.15) is 0 Å². The van der Waals surface area contributed by atoms with Crippen molar-refractivity contribution in [1.29, 1.82) is 0 Å². The Labute approximate surface area is 80.7 Å². The average Bonchev–Trinajstić information content (AvgIpc) is 2.20. The molecule has 1 saturated heterocycles. The van der Waals surface area contributed by atoms with Crippen molar-refractivity contribution < 1.29 is 9.84 Å². The first-order valence-electron chi connectivity index (χ1n) is 5.28. The van der Waals surface area contributed by atoms with E-state index in [9.17, 15) is 0 Å². The van der Waals surface area contributed by atoms with Crippen molar-refractivity contribution in [2.75, 3.05) is 26.3 Å². The zero-order valence-electron chi connectivity index (χ0n) is 8.70. The Kier molecular flexibility index (Phi) is 4.70. The van der Waals surface area contributed by atoms with Crippen molar-refractivity contribution >= 4 is 0 Å². The number of ether oxygens (including phenoxy) is 1. The Morgan fingerprint density at radius 1 is 1.46 bits per heavy atom. The molecule has 0 aliphatic carbocycles. The van der Waals surface area contributed by atoms with E-state index in [0.717, 1.165) is 19.7 Å². The highest BCUT2D eigenvalue weighted by molar-refractivity contribution is 4.76. The lowest BCUT2D eigenvalue weighted by molar-refractivity contribution is -0.0655. The summed E-state index contributed by atoms with van der Waals surface area (Å²) in [5.74, 6) is 0. The minimum absolute atomic E-state index is 0.0364. The molecular weight excluding hydrogens is 166 g/mol. The van der Waals surface area contributed by atoms with Crippen LogP contribution >= 0.6 is 0 Å². The van der Waals surface area contributed by atoms with Crippen molar-refractivity contribution in [3.63, 3.8) is 0 Å². The fraction of sp³-hybridized carbons (Fsp3) is 1.00. The molecule has 3 heteroatoms. The first-order chi connectivity index (χ1) is 6.31. The van der Waals surface area contributed by atoms with Gasteiger partial charge in [0.25, 0.3) is 0 Å². The fourth-order valence-corrected chi connectivity index (χ4v) is 1.99. The van der Waals surface area contributed by atoms with Gasteiger partial charge >= 0.3 is 0 Å². The van der Waals surface area contributed by atoms with E-state index in [1.165, 1.54) is 12.8 Å². The van der Waals surface area contributed by atoms with Gasteiger partial charge in [0.15, 0.2) is 0 Å². The minimum atomic E-state index is 0.0364. The smallest absolute Gasteiger partial charge is 0.0932 e. The van der Waals surface area contributed by atoms with Crippen LogP contribution < -0.4 is 0 Å². The van der Waals surface area contributed by atoms with Crippen LogP contribution in [0.4, 0.5) is 0 Å². The Morgan fingerprint density at radius 3 is 2.69 bits per heavy atom. The maximum Gasteiger partial charge on any atom is 0.0932 e. The number of rotatable bonds is 4. The van der Waals surface area contributed by atoms with Gasteiger partial charge in [-0.15, -0.1) is 0 Å². The maximum atomic E-state index is 8.98. The second-order valence-electron chi connectivity index (χ2n) is 3.64. The molecule has 0 amide bonds. The molecule has 1 aliphatic heterocycles. The molecule has 0 saturated carbocycles. The van der Waals surface area contributed by atoms with E-state index in [1.807, 2.05) is 0 Å². The van der Waals surface area contributed by atoms with Crippen LogP contribution in [0.2, 0.25) is 0 Å². The quantitative estimate of drug-likeness (QED) is 0.709. The van der Waals surface area contributed by atoms with Crippen molar-refractivity contribution in [1.82, 2.24) is 4.90 Å². The predicted octanol–water partition coefficient (Wildman–Crippen LogP) is 0.868. The van der Waals surface area contributed by atoms with Gasteiger partial charge in [-0.05, 0) is 12.8 Å². The van der Waals surface area contributed by atoms with Gasteiger partial charge in [-0.1, -0.05) is 13.8 Å². The van der Waals surface area contributed by atoms with Gasteiger partial charge < -0.3 is 9.84 Å². The molecule has 0 spiro atoms. The zero-order chi connectivity index (χ0) is 9.68. The molecule has 0 bridgehead atoms. The van der Waals surface area contributed by atoms with Crippen LogP contribution in [0.5, 0.6) is 0 Å². The molecule has 0 radical (unpaired) electrons. The minimum Gasteiger partial charge on any atom is -0.394 e. The van der Waals surface area contributed by atoms with Crippen molar-refractivity contribution in [3.05, 3.63) is 0 Å². The number of hydrogen-bond acceptors (Lipinski definition) is 3. The molecule has 1 heterocycles. The third-order valence-corrected chi connectivity index (χ3v) is 2.83. The lowest BCUT2D eigenvalue weighted by atomic mass is 10.1. The van der Waals surface area contributed by atoms with E-state index < -0.39 is 0 Å². The highest BCUT2D eigenvalue weighted by Crippen LogP contribution is 2.13. The summed E-state index contributed by atoms with van der Waals surface area (Å²) in [7, 11) is 0. The zero-order valence-corrected chi connectivity index (χ0v) is 8.70. The van der Waals surface area contributed by atoms with Gasteiger partial charge in [0.05, 0.1) is 19.3 Å². The normalized spacial score (nSPS) is 25.4. The molecule has 0 aromatic heterocycles. The molecule has 1 N–H and O–H groups in total. The summed E-state index contributed by atoms with van der Waals surface area (Å²) >= 11 is 0. The van der Waals surface area contributed by atoms with Gasteiger partial charge in [0.2, 0.25) is 0 Å². The van der Waals surface area contributed by atoms with Crippen molar-refractivity contribution in [2.24, 2.45) is 0 Å². The Bertz CT molecular complexity index is 137. The maximum absolute atomic E-state index is 8.98. The Hall–Kier alpha value is -0.120. The van der Waals surface area contributed by atoms with Crippen LogP contribution in [-0.2, 0) is 4.74 Å². The molecule has 1 aliphatic rings. The highest BCUT2D eigenvalue weighted by atomic mass is 16.5. The molecule has 1 atom stereocenters. The van der Waals surface area contributed by atoms with Gasteiger partial charge in [0, 0.05) is 19.1 Å². The fourth-order valence-electron chi connectivity index (χ4n) is 1.99. The number of aliphatic hydroxyl groups is 1. The van der Waals surface area contributed by atoms with Crippen LogP contribution in [0.15, 0.2) is 0 Å². The molecule has 3 nitrogen and oxygen atoms in total. The summed E-state index contributed by atoms with van der Waals surface area (Å²) in [4.78, 5) is 2.43.